The normalized spacial score (nSPS) is 18.8. The van der Waals surface area contributed by atoms with Crippen molar-refractivity contribution in [2.45, 2.75) is 12.3 Å². The van der Waals surface area contributed by atoms with E-state index >= 15 is 0 Å². The lowest BCUT2D eigenvalue weighted by atomic mass is 9.76. The molecule has 0 fully saturated rings. The summed E-state index contributed by atoms with van der Waals surface area (Å²) < 4.78 is 0. The maximum absolute atomic E-state index is 2.33. The van der Waals surface area contributed by atoms with Crippen LogP contribution < -0.4 is 0 Å². The second-order valence-electron chi connectivity index (χ2n) is 8.99. The Bertz CT molecular complexity index is 1400. The fourth-order valence-corrected chi connectivity index (χ4v) is 5.16. The van der Waals surface area contributed by atoms with Crippen LogP contribution in [0.4, 0.5) is 0 Å². The lowest BCUT2D eigenvalue weighted by molar-refractivity contribution is 0.670. The molecule has 0 bridgehead atoms. The third kappa shape index (κ3) is 3.90. The molecule has 0 nitrogen and oxygen atoms in total. The first-order valence-electron chi connectivity index (χ1n) is 11.7. The summed E-state index contributed by atoms with van der Waals surface area (Å²) in [6.45, 7) is 0. The van der Waals surface area contributed by atoms with E-state index in [0.29, 0.717) is 11.8 Å². The van der Waals surface area contributed by atoms with Gasteiger partial charge in [-0.15, -0.1) is 0 Å². The van der Waals surface area contributed by atoms with E-state index in [-0.39, 0.29) is 0 Å². The molecule has 2 unspecified atom stereocenters. The molecule has 2 aliphatic rings. The van der Waals surface area contributed by atoms with E-state index in [9.17, 15) is 0 Å². The summed E-state index contributed by atoms with van der Waals surface area (Å²) in [4.78, 5) is 0. The molecule has 0 saturated carbocycles. The molecule has 4 aromatic rings. The molecular formula is C33H26. The maximum Gasteiger partial charge on any atom is 0.0125 e. The summed E-state index contributed by atoms with van der Waals surface area (Å²) in [6, 6.07) is 33.4. The molecule has 0 N–H and O–H groups in total. The Morgan fingerprint density at radius 3 is 2.15 bits per heavy atom. The molecule has 0 saturated heterocycles. The largest absolute Gasteiger partial charge is 0.0761 e. The van der Waals surface area contributed by atoms with Crippen molar-refractivity contribution in [1.82, 2.24) is 0 Å². The van der Waals surface area contributed by atoms with Gasteiger partial charge in [-0.05, 0) is 50.6 Å². The van der Waals surface area contributed by atoms with E-state index in [1.807, 2.05) is 0 Å². The second kappa shape index (κ2) is 8.56. The van der Waals surface area contributed by atoms with Crippen LogP contribution in [0.2, 0.25) is 0 Å². The molecule has 0 aliphatic heterocycles. The third-order valence-electron chi connectivity index (χ3n) is 6.92. The topological polar surface area (TPSA) is 0 Å². The highest BCUT2D eigenvalue weighted by molar-refractivity contribution is 5.96. The Morgan fingerprint density at radius 1 is 0.576 bits per heavy atom. The standard InChI is InChI=1S/C33H26/c1-3-11-30-26(7-1)9-5-13-32(30)28-19-15-24(16-20-28)23-25-17-21-29(22-18-25)33-14-6-10-27-8-2-4-12-31(27)33/h1-22,30,32H,23H2. The fraction of sp³-hybridized carbons (Fsp3) is 0.0909. The van der Waals surface area contributed by atoms with Crippen molar-refractivity contribution in [2.24, 2.45) is 5.92 Å². The number of hydrogen-bond acceptors (Lipinski definition) is 0. The zero-order valence-corrected chi connectivity index (χ0v) is 18.6. The number of benzene rings is 4. The molecule has 33 heavy (non-hydrogen) atoms. The Labute approximate surface area is 195 Å². The highest BCUT2D eigenvalue weighted by atomic mass is 14.3. The lowest BCUT2D eigenvalue weighted by Crippen LogP contribution is -2.14. The van der Waals surface area contributed by atoms with E-state index < -0.39 is 0 Å². The van der Waals surface area contributed by atoms with Gasteiger partial charge in [-0.1, -0.05) is 134 Å². The van der Waals surface area contributed by atoms with Gasteiger partial charge in [0.1, 0.15) is 0 Å². The Balaban J connectivity index is 1.20. The number of hydrogen-bond donors (Lipinski definition) is 0. The van der Waals surface area contributed by atoms with E-state index in [0.717, 1.165) is 6.42 Å². The molecule has 0 heterocycles. The van der Waals surface area contributed by atoms with Gasteiger partial charge in [0, 0.05) is 11.8 Å². The van der Waals surface area contributed by atoms with Crippen LogP contribution in [0.25, 0.3) is 21.9 Å². The number of rotatable bonds is 4. The SMILES string of the molecule is C1=CC2=CC=CC(c3ccc(Cc4ccc(-c5cccc6ccccc56)cc4)cc3)C2C=C1. The summed E-state index contributed by atoms with van der Waals surface area (Å²) >= 11 is 0. The van der Waals surface area contributed by atoms with Crippen molar-refractivity contribution in [1.29, 1.82) is 0 Å². The minimum Gasteiger partial charge on any atom is -0.0761 e. The summed E-state index contributed by atoms with van der Waals surface area (Å²) in [5.41, 5.74) is 8.05. The minimum absolute atomic E-state index is 0.417. The molecule has 0 spiro atoms. The van der Waals surface area contributed by atoms with Gasteiger partial charge in [-0.2, -0.15) is 0 Å². The maximum atomic E-state index is 2.33. The summed E-state index contributed by atoms with van der Waals surface area (Å²) in [7, 11) is 0. The molecule has 4 aromatic carbocycles. The van der Waals surface area contributed by atoms with E-state index in [2.05, 4.69) is 134 Å². The van der Waals surface area contributed by atoms with Gasteiger partial charge in [-0.3, -0.25) is 0 Å². The lowest BCUT2D eigenvalue weighted by Gasteiger charge is -2.28. The predicted octanol–water partition coefficient (Wildman–Crippen LogP) is 8.42. The van der Waals surface area contributed by atoms with Gasteiger partial charge in [0.25, 0.3) is 0 Å². The zero-order chi connectivity index (χ0) is 22.0. The van der Waals surface area contributed by atoms with Gasteiger partial charge in [-0.25, -0.2) is 0 Å². The first kappa shape index (κ1) is 19.8. The average molecular weight is 423 g/mol. The molecule has 2 atom stereocenters. The molecular weight excluding hydrogens is 396 g/mol. The summed E-state index contributed by atoms with van der Waals surface area (Å²) in [5, 5.41) is 2.59. The van der Waals surface area contributed by atoms with Crippen LogP contribution in [0.5, 0.6) is 0 Å². The van der Waals surface area contributed by atoms with Crippen molar-refractivity contribution in [2.75, 3.05) is 0 Å². The fourth-order valence-electron chi connectivity index (χ4n) is 5.16. The molecule has 0 radical (unpaired) electrons. The van der Waals surface area contributed by atoms with Crippen molar-refractivity contribution in [3.05, 3.63) is 156 Å². The van der Waals surface area contributed by atoms with Gasteiger partial charge in [0.05, 0.1) is 0 Å². The second-order valence-corrected chi connectivity index (χ2v) is 8.99. The van der Waals surface area contributed by atoms with Gasteiger partial charge >= 0.3 is 0 Å². The van der Waals surface area contributed by atoms with Crippen LogP contribution in [0.3, 0.4) is 0 Å². The van der Waals surface area contributed by atoms with E-state index in [1.54, 1.807) is 0 Å². The molecule has 0 amide bonds. The highest BCUT2D eigenvalue weighted by Crippen LogP contribution is 2.38. The average Bonchev–Trinajstić information content (AvgIpc) is 2.89. The molecule has 0 aromatic heterocycles. The molecule has 6 rings (SSSR count). The van der Waals surface area contributed by atoms with E-state index in [1.165, 1.54) is 44.2 Å². The molecule has 0 heteroatoms. The van der Waals surface area contributed by atoms with Crippen molar-refractivity contribution in [3.63, 3.8) is 0 Å². The highest BCUT2D eigenvalue weighted by Gasteiger charge is 2.24. The van der Waals surface area contributed by atoms with Crippen LogP contribution in [0, 0.1) is 5.92 Å². The Kier molecular flexibility index (Phi) is 5.13. The van der Waals surface area contributed by atoms with Crippen LogP contribution in [0.15, 0.2) is 139 Å². The van der Waals surface area contributed by atoms with Crippen LogP contribution in [-0.4, -0.2) is 0 Å². The zero-order valence-electron chi connectivity index (χ0n) is 18.6. The third-order valence-corrected chi connectivity index (χ3v) is 6.92. The monoisotopic (exact) mass is 422 g/mol. The van der Waals surface area contributed by atoms with Crippen LogP contribution in [0.1, 0.15) is 22.6 Å². The smallest absolute Gasteiger partial charge is 0.0125 e. The summed E-state index contributed by atoms with van der Waals surface area (Å²) in [6.07, 6.45) is 16.6. The van der Waals surface area contributed by atoms with Crippen molar-refractivity contribution < 1.29 is 0 Å². The first-order valence-corrected chi connectivity index (χ1v) is 11.7. The quantitative estimate of drug-likeness (QED) is 0.310. The Morgan fingerprint density at radius 2 is 1.30 bits per heavy atom. The van der Waals surface area contributed by atoms with Gasteiger partial charge in [0.15, 0.2) is 0 Å². The number of allylic oxidation sites excluding steroid dienone is 8. The first-order chi connectivity index (χ1) is 16.3. The number of fused-ring (bicyclic) bond motifs is 2. The van der Waals surface area contributed by atoms with Gasteiger partial charge < -0.3 is 0 Å². The van der Waals surface area contributed by atoms with Crippen molar-refractivity contribution >= 4 is 10.8 Å². The molecule has 2 aliphatic carbocycles. The van der Waals surface area contributed by atoms with Crippen molar-refractivity contribution in [3.8, 4) is 11.1 Å². The van der Waals surface area contributed by atoms with E-state index in [4.69, 9.17) is 0 Å². The van der Waals surface area contributed by atoms with Crippen LogP contribution in [-0.2, 0) is 6.42 Å². The summed E-state index contributed by atoms with van der Waals surface area (Å²) in [5.74, 6) is 0.868. The predicted molar refractivity (Wildman–Crippen MR) is 140 cm³/mol. The molecule has 158 valence electrons. The Hall–Kier alpha value is -3.90. The van der Waals surface area contributed by atoms with Crippen LogP contribution >= 0.6 is 0 Å². The minimum atomic E-state index is 0.417. The van der Waals surface area contributed by atoms with Gasteiger partial charge in [0.2, 0.25) is 0 Å².